The van der Waals surface area contributed by atoms with Gasteiger partial charge in [-0.05, 0) is 50.3 Å². The average Bonchev–Trinajstić information content (AvgIpc) is 2.63. The molecule has 0 saturated carbocycles. The quantitative estimate of drug-likeness (QED) is 0.697. The lowest BCUT2D eigenvalue weighted by molar-refractivity contribution is 0.630. The summed E-state index contributed by atoms with van der Waals surface area (Å²) in [6.45, 7) is 3.16. The minimum absolute atomic E-state index is 0.740. The molecule has 3 heteroatoms. The summed E-state index contributed by atoms with van der Waals surface area (Å²) in [6, 6.07) is 3.92. The Balaban J connectivity index is 2.43. The minimum Gasteiger partial charge on any atom is -0.343 e. The van der Waals surface area contributed by atoms with E-state index in [-0.39, 0.29) is 0 Å². The number of aryl methyl sites for hydroxylation is 2. The van der Waals surface area contributed by atoms with Gasteiger partial charge in [0, 0.05) is 22.6 Å². The van der Waals surface area contributed by atoms with E-state index in [1.807, 2.05) is 6.07 Å². The number of hydrogen-bond acceptors (Lipinski definition) is 0. The first-order valence-electron chi connectivity index (χ1n) is 6.21. The van der Waals surface area contributed by atoms with E-state index in [4.69, 9.17) is 23.2 Å². The fraction of sp³-hybridized carbons (Fsp3) is 0.429. The van der Waals surface area contributed by atoms with Gasteiger partial charge in [0.05, 0.1) is 10.5 Å². The molecule has 3 rings (SSSR count). The van der Waals surface area contributed by atoms with Crippen molar-refractivity contribution in [1.29, 1.82) is 0 Å². The molecule has 90 valence electrons. The Morgan fingerprint density at radius 1 is 1.18 bits per heavy atom. The molecule has 0 N–H and O–H groups in total. The molecule has 0 fully saturated rings. The second-order valence-corrected chi connectivity index (χ2v) is 5.50. The average molecular weight is 268 g/mol. The van der Waals surface area contributed by atoms with Crippen molar-refractivity contribution in [2.24, 2.45) is 0 Å². The van der Waals surface area contributed by atoms with Crippen molar-refractivity contribution in [2.75, 3.05) is 0 Å². The predicted molar refractivity (Wildman–Crippen MR) is 74.3 cm³/mol. The first kappa shape index (κ1) is 11.4. The molecule has 0 aliphatic heterocycles. The molecule has 17 heavy (non-hydrogen) atoms. The molecular formula is C14H15Cl2N. The van der Waals surface area contributed by atoms with Gasteiger partial charge in [-0.25, -0.2) is 0 Å². The largest absolute Gasteiger partial charge is 0.343 e. The van der Waals surface area contributed by atoms with Gasteiger partial charge in [0.25, 0.3) is 0 Å². The fourth-order valence-electron chi connectivity index (χ4n) is 3.03. The monoisotopic (exact) mass is 267 g/mol. The standard InChI is InChI=1S/C14H15Cl2N/c1-2-17-13-6-4-3-5-10(13)11-7-9(15)8-12(16)14(11)17/h7-8H,2-6H2,1H3. The first-order valence-corrected chi connectivity index (χ1v) is 6.97. The molecular weight excluding hydrogens is 253 g/mol. The van der Waals surface area contributed by atoms with Crippen LogP contribution in [0.3, 0.4) is 0 Å². The third-order valence-electron chi connectivity index (χ3n) is 3.70. The van der Waals surface area contributed by atoms with Crippen molar-refractivity contribution in [3.63, 3.8) is 0 Å². The lowest BCUT2D eigenvalue weighted by Gasteiger charge is -2.14. The predicted octanol–water partition coefficient (Wildman–Crippen LogP) is 4.85. The number of rotatable bonds is 1. The fourth-order valence-corrected chi connectivity index (χ4v) is 3.63. The smallest absolute Gasteiger partial charge is 0.0675 e. The van der Waals surface area contributed by atoms with Gasteiger partial charge in [-0.15, -0.1) is 0 Å². The Morgan fingerprint density at radius 2 is 1.94 bits per heavy atom. The van der Waals surface area contributed by atoms with Gasteiger partial charge in [0.1, 0.15) is 0 Å². The number of fused-ring (bicyclic) bond motifs is 3. The van der Waals surface area contributed by atoms with Gasteiger partial charge in [0.15, 0.2) is 0 Å². The molecule has 1 aliphatic rings. The van der Waals surface area contributed by atoms with Crippen LogP contribution in [0, 0.1) is 0 Å². The summed E-state index contributed by atoms with van der Waals surface area (Å²) < 4.78 is 2.36. The van der Waals surface area contributed by atoms with E-state index in [2.05, 4.69) is 17.6 Å². The minimum atomic E-state index is 0.740. The van der Waals surface area contributed by atoms with Crippen LogP contribution < -0.4 is 0 Å². The molecule has 1 heterocycles. The van der Waals surface area contributed by atoms with Crippen LogP contribution in [-0.2, 0) is 19.4 Å². The Morgan fingerprint density at radius 3 is 2.71 bits per heavy atom. The van der Waals surface area contributed by atoms with Crippen molar-refractivity contribution in [2.45, 2.75) is 39.2 Å². The summed E-state index contributed by atoms with van der Waals surface area (Å²) in [6.07, 6.45) is 4.90. The zero-order valence-electron chi connectivity index (χ0n) is 9.89. The Kier molecular flexibility index (Phi) is 2.84. The third kappa shape index (κ3) is 1.68. The molecule has 1 nitrogen and oxygen atoms in total. The van der Waals surface area contributed by atoms with E-state index in [9.17, 15) is 0 Å². The van der Waals surface area contributed by atoms with Crippen LogP contribution in [0.1, 0.15) is 31.0 Å². The van der Waals surface area contributed by atoms with Crippen molar-refractivity contribution in [3.8, 4) is 0 Å². The van der Waals surface area contributed by atoms with E-state index < -0.39 is 0 Å². The van der Waals surface area contributed by atoms with E-state index in [0.29, 0.717) is 0 Å². The van der Waals surface area contributed by atoms with E-state index in [1.165, 1.54) is 41.4 Å². The van der Waals surface area contributed by atoms with Crippen LogP contribution >= 0.6 is 23.2 Å². The summed E-state index contributed by atoms with van der Waals surface area (Å²) >= 11 is 12.5. The zero-order chi connectivity index (χ0) is 12.0. The van der Waals surface area contributed by atoms with Gasteiger partial charge in [-0.2, -0.15) is 0 Å². The summed E-state index contributed by atoms with van der Waals surface area (Å²) in [7, 11) is 0. The second kappa shape index (κ2) is 4.22. The van der Waals surface area contributed by atoms with Crippen LogP contribution in [0.5, 0.6) is 0 Å². The molecule has 0 saturated heterocycles. The number of halogens is 2. The lowest BCUT2D eigenvalue weighted by atomic mass is 9.95. The second-order valence-electron chi connectivity index (χ2n) is 4.66. The zero-order valence-corrected chi connectivity index (χ0v) is 11.4. The highest BCUT2D eigenvalue weighted by molar-refractivity contribution is 6.38. The van der Waals surface area contributed by atoms with Gasteiger partial charge < -0.3 is 4.57 Å². The number of benzene rings is 1. The number of aromatic nitrogens is 1. The maximum absolute atomic E-state index is 6.36. The van der Waals surface area contributed by atoms with E-state index >= 15 is 0 Å². The van der Waals surface area contributed by atoms with Crippen LogP contribution in [0.4, 0.5) is 0 Å². The molecule has 0 radical (unpaired) electrons. The van der Waals surface area contributed by atoms with Crippen molar-refractivity contribution in [3.05, 3.63) is 33.4 Å². The van der Waals surface area contributed by atoms with Crippen LogP contribution in [0.25, 0.3) is 10.9 Å². The van der Waals surface area contributed by atoms with Crippen molar-refractivity contribution in [1.82, 2.24) is 4.57 Å². The van der Waals surface area contributed by atoms with Gasteiger partial charge in [0.2, 0.25) is 0 Å². The highest BCUT2D eigenvalue weighted by atomic mass is 35.5. The molecule has 0 amide bonds. The summed E-state index contributed by atoms with van der Waals surface area (Å²) in [5.74, 6) is 0. The van der Waals surface area contributed by atoms with Crippen LogP contribution in [0.15, 0.2) is 12.1 Å². The first-order chi connectivity index (χ1) is 8.22. The SMILES string of the molecule is CCn1c2c(c3cc(Cl)cc(Cl)c31)CCCC2. The van der Waals surface area contributed by atoms with Gasteiger partial charge in [-0.3, -0.25) is 0 Å². The Bertz CT molecular complexity index is 584. The number of nitrogens with zero attached hydrogens (tertiary/aromatic N) is 1. The van der Waals surface area contributed by atoms with Crippen LogP contribution in [0.2, 0.25) is 10.0 Å². The maximum Gasteiger partial charge on any atom is 0.0675 e. The van der Waals surface area contributed by atoms with Crippen molar-refractivity contribution < 1.29 is 0 Å². The summed E-state index contributed by atoms with van der Waals surface area (Å²) in [5.41, 5.74) is 4.11. The highest BCUT2D eigenvalue weighted by Gasteiger charge is 2.21. The third-order valence-corrected chi connectivity index (χ3v) is 4.21. The number of hydrogen-bond donors (Lipinski definition) is 0. The summed E-state index contributed by atoms with van der Waals surface area (Å²) in [5, 5.41) is 2.78. The summed E-state index contributed by atoms with van der Waals surface area (Å²) in [4.78, 5) is 0. The van der Waals surface area contributed by atoms with Crippen LogP contribution in [-0.4, -0.2) is 4.57 Å². The topological polar surface area (TPSA) is 4.93 Å². The molecule has 0 atom stereocenters. The normalized spacial score (nSPS) is 15.2. The van der Waals surface area contributed by atoms with Crippen molar-refractivity contribution >= 4 is 34.1 Å². The van der Waals surface area contributed by atoms with E-state index in [1.54, 1.807) is 0 Å². The van der Waals surface area contributed by atoms with E-state index in [0.717, 1.165) is 23.0 Å². The molecule has 0 spiro atoms. The molecule has 2 aromatic rings. The maximum atomic E-state index is 6.36. The Hall–Kier alpha value is -0.660. The van der Waals surface area contributed by atoms with Gasteiger partial charge in [-0.1, -0.05) is 23.2 Å². The molecule has 0 unspecified atom stereocenters. The molecule has 1 aromatic heterocycles. The highest BCUT2D eigenvalue weighted by Crippen LogP contribution is 2.37. The Labute approximate surface area is 111 Å². The molecule has 0 bridgehead atoms. The molecule has 1 aliphatic carbocycles. The molecule has 1 aromatic carbocycles. The lowest BCUT2D eigenvalue weighted by Crippen LogP contribution is -2.07. The van der Waals surface area contributed by atoms with Gasteiger partial charge >= 0.3 is 0 Å².